The summed E-state index contributed by atoms with van der Waals surface area (Å²) in [6, 6.07) is 0. The molecule has 4 aliphatic rings. The van der Waals surface area contributed by atoms with E-state index < -0.39 is 5.60 Å². The number of aliphatic hydroxyl groups excluding tert-OH is 1. The van der Waals surface area contributed by atoms with Gasteiger partial charge in [-0.05, 0) is 106 Å². The fourth-order valence-electron chi connectivity index (χ4n) is 8.46. The first kappa shape index (κ1) is 21.9. The average Bonchev–Trinajstić information content (AvgIpc) is 2.97. The van der Waals surface area contributed by atoms with E-state index in [1.165, 1.54) is 51.4 Å². The number of fused-ring (bicyclic) bond motifs is 5. The lowest BCUT2D eigenvalue weighted by Gasteiger charge is -2.60. The fourth-order valence-corrected chi connectivity index (χ4v) is 8.46. The van der Waals surface area contributed by atoms with Crippen LogP contribution in [0.25, 0.3) is 0 Å². The number of aliphatic hydroxyl groups is 2. The van der Waals surface area contributed by atoms with E-state index >= 15 is 0 Å². The second-order valence-corrected chi connectivity index (χ2v) is 12.5. The topological polar surface area (TPSA) is 40.5 Å². The summed E-state index contributed by atoms with van der Waals surface area (Å²) in [6.45, 7) is 11.4. The zero-order valence-electron chi connectivity index (χ0n) is 19.7. The molecule has 0 heterocycles. The summed E-state index contributed by atoms with van der Waals surface area (Å²) in [5.74, 6) is 3.71. The lowest BCUT2D eigenvalue weighted by molar-refractivity contribution is -0.0828. The molecular weight excluding hydrogens is 356 g/mol. The van der Waals surface area contributed by atoms with Gasteiger partial charge in [0.05, 0.1) is 11.7 Å². The quantitative estimate of drug-likeness (QED) is 0.407. The molecule has 4 aliphatic carbocycles. The van der Waals surface area contributed by atoms with Gasteiger partial charge >= 0.3 is 0 Å². The van der Waals surface area contributed by atoms with Gasteiger partial charge in [0, 0.05) is 5.92 Å². The number of rotatable bonds is 5. The van der Waals surface area contributed by atoms with E-state index in [-0.39, 0.29) is 6.10 Å². The van der Waals surface area contributed by atoms with Gasteiger partial charge in [0.15, 0.2) is 0 Å². The molecule has 8 unspecified atom stereocenters. The zero-order valence-corrected chi connectivity index (χ0v) is 19.7. The van der Waals surface area contributed by atoms with Gasteiger partial charge < -0.3 is 10.2 Å². The number of hydrogen-bond acceptors (Lipinski definition) is 2. The second-order valence-electron chi connectivity index (χ2n) is 12.5. The molecule has 0 aromatic carbocycles. The molecule has 0 amide bonds. The van der Waals surface area contributed by atoms with Crippen molar-refractivity contribution in [3.05, 3.63) is 11.6 Å². The summed E-state index contributed by atoms with van der Waals surface area (Å²) in [4.78, 5) is 0. The highest BCUT2D eigenvalue weighted by atomic mass is 16.3. The highest BCUT2D eigenvalue weighted by molar-refractivity contribution is 5.25. The van der Waals surface area contributed by atoms with Gasteiger partial charge in [-0.2, -0.15) is 0 Å². The van der Waals surface area contributed by atoms with Gasteiger partial charge in [-0.15, -0.1) is 0 Å². The fraction of sp³-hybridized carbons (Fsp3) is 0.926. The summed E-state index contributed by atoms with van der Waals surface area (Å²) >= 11 is 0. The monoisotopic (exact) mass is 402 g/mol. The van der Waals surface area contributed by atoms with E-state index in [9.17, 15) is 10.2 Å². The molecule has 2 heteroatoms. The lowest BCUT2D eigenvalue weighted by Crippen LogP contribution is -2.53. The molecule has 0 aliphatic heterocycles. The highest BCUT2D eigenvalue weighted by Crippen LogP contribution is 2.68. The van der Waals surface area contributed by atoms with Crippen molar-refractivity contribution >= 4 is 0 Å². The van der Waals surface area contributed by atoms with Gasteiger partial charge in [-0.1, -0.05) is 45.3 Å². The highest BCUT2D eigenvalue weighted by Gasteiger charge is 2.60. The van der Waals surface area contributed by atoms with E-state index in [0.29, 0.717) is 16.7 Å². The Bertz CT molecular complexity index is 631. The maximum atomic E-state index is 10.4. The molecule has 8 atom stereocenters. The van der Waals surface area contributed by atoms with Crippen LogP contribution in [0.15, 0.2) is 11.6 Å². The van der Waals surface area contributed by atoms with Gasteiger partial charge in [0.1, 0.15) is 0 Å². The Morgan fingerprint density at radius 2 is 1.72 bits per heavy atom. The van der Waals surface area contributed by atoms with E-state index in [1.807, 2.05) is 13.8 Å². The summed E-state index contributed by atoms with van der Waals surface area (Å²) in [6.07, 6.45) is 16.3. The molecule has 0 aromatic heterocycles. The van der Waals surface area contributed by atoms with Crippen LogP contribution >= 0.6 is 0 Å². The Labute approximate surface area is 179 Å². The molecule has 2 nitrogen and oxygen atoms in total. The van der Waals surface area contributed by atoms with Crippen molar-refractivity contribution in [2.45, 2.75) is 117 Å². The van der Waals surface area contributed by atoms with Crippen LogP contribution in [0.5, 0.6) is 0 Å². The van der Waals surface area contributed by atoms with Gasteiger partial charge in [0.25, 0.3) is 0 Å². The maximum Gasteiger partial charge on any atom is 0.0603 e. The van der Waals surface area contributed by atoms with Crippen LogP contribution in [0.4, 0.5) is 0 Å². The van der Waals surface area contributed by atoms with Crippen molar-refractivity contribution in [3.63, 3.8) is 0 Å². The summed E-state index contributed by atoms with van der Waals surface area (Å²) in [5, 5.41) is 20.4. The van der Waals surface area contributed by atoms with Crippen LogP contribution in [-0.2, 0) is 0 Å². The van der Waals surface area contributed by atoms with Crippen LogP contribution in [-0.4, -0.2) is 21.9 Å². The predicted molar refractivity (Wildman–Crippen MR) is 121 cm³/mol. The van der Waals surface area contributed by atoms with Gasteiger partial charge in [-0.25, -0.2) is 0 Å². The summed E-state index contributed by atoms with van der Waals surface area (Å²) in [7, 11) is 0. The SMILES string of the molecule is CC1C2=CCC3C4CCC(CCCCC(C)(C)O)C4(C)CCC3(C)C2CCC1O. The Hall–Kier alpha value is -0.340. The minimum absolute atomic E-state index is 0.119. The Morgan fingerprint density at radius 1 is 1.00 bits per heavy atom. The van der Waals surface area contributed by atoms with Crippen LogP contribution in [0.2, 0.25) is 0 Å². The minimum Gasteiger partial charge on any atom is -0.393 e. The van der Waals surface area contributed by atoms with Crippen molar-refractivity contribution < 1.29 is 10.2 Å². The molecule has 3 saturated carbocycles. The Kier molecular flexibility index (Phi) is 5.78. The Balaban J connectivity index is 1.46. The third-order valence-corrected chi connectivity index (χ3v) is 10.4. The normalized spacial score (nSPS) is 47.2. The molecular formula is C27H46O2. The van der Waals surface area contributed by atoms with Crippen LogP contribution < -0.4 is 0 Å². The molecule has 0 spiro atoms. The molecule has 0 bridgehead atoms. The smallest absolute Gasteiger partial charge is 0.0603 e. The lowest BCUT2D eigenvalue weighted by atomic mass is 9.45. The molecule has 29 heavy (non-hydrogen) atoms. The molecule has 166 valence electrons. The predicted octanol–water partition coefficient (Wildman–Crippen LogP) is 6.50. The van der Waals surface area contributed by atoms with Gasteiger partial charge in [-0.3, -0.25) is 0 Å². The molecule has 4 rings (SSSR count). The van der Waals surface area contributed by atoms with E-state index in [1.54, 1.807) is 5.57 Å². The van der Waals surface area contributed by atoms with E-state index in [0.717, 1.165) is 42.9 Å². The third kappa shape index (κ3) is 3.75. The van der Waals surface area contributed by atoms with Gasteiger partial charge in [0.2, 0.25) is 0 Å². The molecule has 0 radical (unpaired) electrons. The van der Waals surface area contributed by atoms with E-state index in [2.05, 4.69) is 26.8 Å². The first-order valence-corrected chi connectivity index (χ1v) is 12.7. The van der Waals surface area contributed by atoms with Crippen LogP contribution in [0.1, 0.15) is 105 Å². The van der Waals surface area contributed by atoms with E-state index in [4.69, 9.17) is 0 Å². The maximum absolute atomic E-state index is 10.4. The first-order valence-electron chi connectivity index (χ1n) is 12.7. The van der Waals surface area contributed by atoms with Crippen molar-refractivity contribution in [2.75, 3.05) is 0 Å². The number of unbranched alkanes of at least 4 members (excludes halogenated alkanes) is 1. The summed E-state index contributed by atoms with van der Waals surface area (Å²) in [5.41, 5.74) is 2.08. The van der Waals surface area contributed by atoms with Crippen LogP contribution in [0, 0.1) is 40.4 Å². The Morgan fingerprint density at radius 3 is 2.45 bits per heavy atom. The van der Waals surface area contributed by atoms with Crippen molar-refractivity contribution in [3.8, 4) is 0 Å². The van der Waals surface area contributed by atoms with Crippen molar-refractivity contribution in [2.24, 2.45) is 40.4 Å². The molecule has 0 aromatic rings. The number of hydrogen-bond donors (Lipinski definition) is 2. The summed E-state index contributed by atoms with van der Waals surface area (Å²) < 4.78 is 0. The standard InChI is InChI=1S/C27H46O2/c1-18-20-10-12-23-22-11-9-19(8-6-7-15-25(2,3)29)26(22,4)16-17-27(23,5)21(20)13-14-24(18)28/h10,18-19,21-24,28-29H,6-9,11-17H2,1-5H3. The number of allylic oxidation sites excluding steroid dienone is 1. The molecule has 0 saturated heterocycles. The largest absolute Gasteiger partial charge is 0.393 e. The average molecular weight is 403 g/mol. The zero-order chi connectivity index (χ0) is 21.0. The first-order chi connectivity index (χ1) is 13.6. The molecule has 3 fully saturated rings. The second kappa shape index (κ2) is 7.66. The van der Waals surface area contributed by atoms with Crippen LogP contribution in [0.3, 0.4) is 0 Å². The van der Waals surface area contributed by atoms with Crippen molar-refractivity contribution in [1.29, 1.82) is 0 Å². The minimum atomic E-state index is -0.508. The van der Waals surface area contributed by atoms with Crippen molar-refractivity contribution in [1.82, 2.24) is 0 Å². The molecule has 2 N–H and O–H groups in total. The third-order valence-electron chi connectivity index (χ3n) is 10.4.